The summed E-state index contributed by atoms with van der Waals surface area (Å²) in [6, 6.07) is 5.33. The maximum Gasteiger partial charge on any atom is 0.250 e. The van der Waals surface area contributed by atoms with E-state index in [2.05, 4.69) is 4.72 Å². The SMILES string of the molecule is Cc1ccc(C(C)NS(=O)(=O)c2cc(CN)cs2)s1. The number of hydrogen-bond donors (Lipinski definition) is 2. The van der Waals surface area contributed by atoms with E-state index in [1.807, 2.05) is 26.0 Å². The molecule has 0 amide bonds. The molecule has 4 nitrogen and oxygen atoms in total. The molecule has 0 aromatic carbocycles. The molecule has 1 unspecified atom stereocenters. The number of aryl methyl sites for hydroxylation is 1. The normalized spacial score (nSPS) is 13.6. The molecule has 0 spiro atoms. The lowest BCUT2D eigenvalue weighted by Gasteiger charge is -2.11. The minimum absolute atomic E-state index is 0.230. The van der Waals surface area contributed by atoms with Gasteiger partial charge in [0, 0.05) is 16.3 Å². The first kappa shape index (κ1) is 14.7. The van der Waals surface area contributed by atoms with Crippen molar-refractivity contribution in [2.75, 3.05) is 0 Å². The summed E-state index contributed by atoms with van der Waals surface area (Å²) < 4.78 is 27.4. The lowest BCUT2D eigenvalue weighted by atomic mass is 10.3. The van der Waals surface area contributed by atoms with Crippen LogP contribution >= 0.6 is 22.7 Å². The first-order chi connectivity index (χ1) is 8.92. The van der Waals surface area contributed by atoms with E-state index < -0.39 is 10.0 Å². The molecule has 0 aliphatic carbocycles. The average Bonchev–Trinajstić information content (AvgIpc) is 2.96. The number of nitrogens with one attached hydrogen (secondary N) is 1. The Hall–Kier alpha value is -0.730. The Bertz CT molecular complexity index is 658. The Morgan fingerprint density at radius 1 is 1.42 bits per heavy atom. The Balaban J connectivity index is 2.17. The molecule has 1 atom stereocenters. The van der Waals surface area contributed by atoms with Gasteiger partial charge in [-0.15, -0.1) is 22.7 Å². The van der Waals surface area contributed by atoms with Gasteiger partial charge in [-0.05, 0) is 43.0 Å². The predicted molar refractivity (Wildman–Crippen MR) is 80.0 cm³/mol. The van der Waals surface area contributed by atoms with Crippen molar-refractivity contribution in [2.45, 2.75) is 30.6 Å². The highest BCUT2D eigenvalue weighted by Crippen LogP contribution is 2.26. The first-order valence-electron chi connectivity index (χ1n) is 5.78. The molecule has 2 heterocycles. The molecule has 3 N–H and O–H groups in total. The van der Waals surface area contributed by atoms with Gasteiger partial charge < -0.3 is 5.73 Å². The van der Waals surface area contributed by atoms with Crippen LogP contribution in [0.5, 0.6) is 0 Å². The van der Waals surface area contributed by atoms with E-state index in [1.54, 1.807) is 22.8 Å². The van der Waals surface area contributed by atoms with Gasteiger partial charge in [-0.1, -0.05) is 0 Å². The quantitative estimate of drug-likeness (QED) is 0.890. The van der Waals surface area contributed by atoms with Gasteiger partial charge in [-0.2, -0.15) is 0 Å². The second-order valence-corrected chi connectivity index (χ2v) is 8.44. The van der Waals surface area contributed by atoms with Gasteiger partial charge >= 0.3 is 0 Å². The number of hydrogen-bond acceptors (Lipinski definition) is 5. The van der Waals surface area contributed by atoms with Crippen LogP contribution in [-0.4, -0.2) is 8.42 Å². The molecule has 2 rings (SSSR count). The summed E-state index contributed by atoms with van der Waals surface area (Å²) in [5.41, 5.74) is 6.33. The number of sulfonamides is 1. The highest BCUT2D eigenvalue weighted by molar-refractivity contribution is 7.91. The van der Waals surface area contributed by atoms with Crippen molar-refractivity contribution >= 4 is 32.7 Å². The van der Waals surface area contributed by atoms with Crippen LogP contribution in [0, 0.1) is 6.92 Å². The maximum atomic E-state index is 12.2. The second-order valence-electron chi connectivity index (χ2n) is 4.27. The third kappa shape index (κ3) is 3.43. The Labute approximate surface area is 121 Å². The molecule has 0 aliphatic heterocycles. The summed E-state index contributed by atoms with van der Waals surface area (Å²) in [6.07, 6.45) is 0. The molecular weight excluding hydrogens is 300 g/mol. The molecule has 0 saturated carbocycles. The number of nitrogens with two attached hydrogens (primary N) is 1. The van der Waals surface area contributed by atoms with Crippen LogP contribution in [0.4, 0.5) is 0 Å². The van der Waals surface area contributed by atoms with Crippen molar-refractivity contribution in [2.24, 2.45) is 5.73 Å². The van der Waals surface area contributed by atoms with Gasteiger partial charge in [-0.25, -0.2) is 13.1 Å². The minimum atomic E-state index is -3.47. The van der Waals surface area contributed by atoms with Crippen LogP contribution in [0.25, 0.3) is 0 Å². The summed E-state index contributed by atoms with van der Waals surface area (Å²) in [5, 5.41) is 1.77. The number of thiophene rings is 2. The fraction of sp³-hybridized carbons (Fsp3) is 0.333. The third-order valence-corrected chi connectivity index (χ3v) is 6.86. The van der Waals surface area contributed by atoms with Gasteiger partial charge in [0.15, 0.2) is 0 Å². The lowest BCUT2D eigenvalue weighted by Crippen LogP contribution is -2.25. The molecule has 0 radical (unpaired) electrons. The molecular formula is C12H16N2O2S3. The van der Waals surface area contributed by atoms with Gasteiger partial charge in [0.05, 0.1) is 6.04 Å². The third-order valence-electron chi connectivity index (χ3n) is 2.65. The Morgan fingerprint density at radius 2 is 2.16 bits per heavy atom. The summed E-state index contributed by atoms with van der Waals surface area (Å²) in [4.78, 5) is 2.18. The highest BCUT2D eigenvalue weighted by Gasteiger charge is 2.20. The topological polar surface area (TPSA) is 72.2 Å². The average molecular weight is 316 g/mol. The standard InChI is InChI=1S/C12H16N2O2S3/c1-8-3-4-11(18-8)9(2)14-19(15,16)12-5-10(6-13)7-17-12/h3-5,7,9,14H,6,13H2,1-2H3. The molecule has 0 fully saturated rings. The van der Waals surface area contributed by atoms with Crippen molar-refractivity contribution in [3.8, 4) is 0 Å². The summed E-state index contributed by atoms with van der Waals surface area (Å²) >= 11 is 2.79. The molecule has 2 aromatic rings. The van der Waals surface area contributed by atoms with Crippen molar-refractivity contribution in [1.29, 1.82) is 0 Å². The summed E-state index contributed by atoms with van der Waals surface area (Å²) in [5.74, 6) is 0. The molecule has 2 aromatic heterocycles. The Kier molecular flexibility index (Phi) is 4.42. The van der Waals surface area contributed by atoms with Crippen LogP contribution in [0.15, 0.2) is 27.8 Å². The summed E-state index contributed by atoms with van der Waals surface area (Å²) in [7, 11) is -3.47. The van der Waals surface area contributed by atoms with Crippen molar-refractivity contribution in [3.63, 3.8) is 0 Å². The smallest absolute Gasteiger partial charge is 0.250 e. The zero-order valence-electron chi connectivity index (χ0n) is 10.7. The van der Waals surface area contributed by atoms with E-state index in [9.17, 15) is 8.42 Å². The van der Waals surface area contributed by atoms with E-state index in [-0.39, 0.29) is 6.04 Å². The predicted octanol–water partition coefficient (Wildman–Crippen LogP) is 2.62. The fourth-order valence-corrected chi connectivity index (χ4v) is 5.05. The zero-order chi connectivity index (χ0) is 14.0. The lowest BCUT2D eigenvalue weighted by molar-refractivity contribution is 0.570. The largest absolute Gasteiger partial charge is 0.326 e. The zero-order valence-corrected chi connectivity index (χ0v) is 13.2. The van der Waals surface area contributed by atoms with Gasteiger partial charge in [-0.3, -0.25) is 0 Å². The molecule has 0 saturated heterocycles. The van der Waals surface area contributed by atoms with Crippen LogP contribution in [0.1, 0.15) is 28.3 Å². The molecule has 104 valence electrons. The molecule has 7 heteroatoms. The number of rotatable bonds is 5. The second kappa shape index (κ2) is 5.72. The first-order valence-corrected chi connectivity index (χ1v) is 8.96. The maximum absolute atomic E-state index is 12.2. The van der Waals surface area contributed by atoms with E-state index >= 15 is 0 Å². The van der Waals surface area contributed by atoms with E-state index in [0.717, 1.165) is 10.4 Å². The minimum Gasteiger partial charge on any atom is -0.326 e. The monoisotopic (exact) mass is 316 g/mol. The van der Waals surface area contributed by atoms with Crippen LogP contribution in [0.2, 0.25) is 0 Å². The molecule has 0 bridgehead atoms. The van der Waals surface area contributed by atoms with Gasteiger partial charge in [0.25, 0.3) is 10.0 Å². The van der Waals surface area contributed by atoms with E-state index in [1.165, 1.54) is 16.2 Å². The fourth-order valence-electron chi connectivity index (χ4n) is 1.64. The highest BCUT2D eigenvalue weighted by atomic mass is 32.2. The van der Waals surface area contributed by atoms with Crippen LogP contribution in [0.3, 0.4) is 0 Å². The van der Waals surface area contributed by atoms with E-state index in [4.69, 9.17) is 5.73 Å². The molecule has 0 aliphatic rings. The Morgan fingerprint density at radius 3 is 2.68 bits per heavy atom. The van der Waals surface area contributed by atoms with Crippen molar-refractivity contribution < 1.29 is 8.42 Å². The van der Waals surface area contributed by atoms with Crippen molar-refractivity contribution in [1.82, 2.24) is 4.72 Å². The summed E-state index contributed by atoms with van der Waals surface area (Å²) in [6.45, 7) is 4.20. The van der Waals surface area contributed by atoms with Gasteiger partial charge in [0.2, 0.25) is 0 Å². The van der Waals surface area contributed by atoms with Crippen LogP contribution in [-0.2, 0) is 16.6 Å². The van der Waals surface area contributed by atoms with Crippen molar-refractivity contribution in [3.05, 3.63) is 38.9 Å². The van der Waals surface area contributed by atoms with Gasteiger partial charge in [0.1, 0.15) is 4.21 Å². The van der Waals surface area contributed by atoms with Crippen LogP contribution < -0.4 is 10.5 Å². The molecule has 19 heavy (non-hydrogen) atoms. The van der Waals surface area contributed by atoms with E-state index in [0.29, 0.717) is 10.8 Å².